The summed E-state index contributed by atoms with van der Waals surface area (Å²) in [6.07, 6.45) is 0. The topological polar surface area (TPSA) is 21.3 Å². The number of rotatable bonds is 6. The Morgan fingerprint density at radius 2 is 1.89 bits per heavy atom. The maximum absolute atomic E-state index is 5.61. The van der Waals surface area contributed by atoms with Crippen LogP contribution < -0.4 is 10.1 Å². The van der Waals surface area contributed by atoms with Crippen LogP contribution in [-0.4, -0.2) is 6.61 Å². The third-order valence-electron chi connectivity index (χ3n) is 2.81. The normalized spacial score (nSPS) is 10.4. The number of para-hydroxylation sites is 1. The van der Waals surface area contributed by atoms with Crippen molar-refractivity contribution in [1.82, 2.24) is 5.32 Å². The fourth-order valence-electron chi connectivity index (χ4n) is 1.93. The summed E-state index contributed by atoms with van der Waals surface area (Å²) in [6.45, 7) is 4.36. The second kappa shape index (κ2) is 7.31. The van der Waals surface area contributed by atoms with E-state index in [1.165, 1.54) is 11.1 Å². The molecule has 0 unspecified atom stereocenters. The molecule has 0 aliphatic carbocycles. The van der Waals surface area contributed by atoms with Gasteiger partial charge in [0.1, 0.15) is 5.75 Å². The van der Waals surface area contributed by atoms with Crippen molar-refractivity contribution in [2.75, 3.05) is 6.61 Å². The van der Waals surface area contributed by atoms with Gasteiger partial charge >= 0.3 is 0 Å². The summed E-state index contributed by atoms with van der Waals surface area (Å²) in [6, 6.07) is 16.5. The largest absolute Gasteiger partial charge is 0.494 e. The van der Waals surface area contributed by atoms with E-state index < -0.39 is 0 Å². The Morgan fingerprint density at radius 1 is 1.05 bits per heavy atom. The number of benzene rings is 2. The van der Waals surface area contributed by atoms with Gasteiger partial charge in [0.25, 0.3) is 0 Å². The number of hydrogen-bond donors (Lipinski definition) is 1. The Balaban J connectivity index is 1.92. The van der Waals surface area contributed by atoms with Crippen LogP contribution in [0.2, 0.25) is 0 Å². The Bertz CT molecular complexity index is 528. The van der Waals surface area contributed by atoms with E-state index in [-0.39, 0.29) is 0 Å². The molecule has 100 valence electrons. The van der Waals surface area contributed by atoms with Crippen LogP contribution in [0, 0.1) is 0 Å². The van der Waals surface area contributed by atoms with Crippen LogP contribution in [0.3, 0.4) is 0 Å². The minimum absolute atomic E-state index is 0.697. The van der Waals surface area contributed by atoms with Gasteiger partial charge in [0.15, 0.2) is 0 Å². The molecular weight excluding hydrogens is 302 g/mol. The van der Waals surface area contributed by atoms with Crippen molar-refractivity contribution in [3.63, 3.8) is 0 Å². The Morgan fingerprint density at radius 3 is 2.68 bits per heavy atom. The molecule has 0 atom stereocenters. The Hall–Kier alpha value is -1.32. The first-order valence-electron chi connectivity index (χ1n) is 6.45. The SMILES string of the molecule is CCOc1ccccc1CNCc1cccc(Br)c1. The molecular formula is C16H18BrNO. The minimum Gasteiger partial charge on any atom is -0.494 e. The highest BCUT2D eigenvalue weighted by molar-refractivity contribution is 9.10. The summed E-state index contributed by atoms with van der Waals surface area (Å²) < 4.78 is 6.72. The molecule has 0 aliphatic rings. The minimum atomic E-state index is 0.697. The summed E-state index contributed by atoms with van der Waals surface area (Å²) in [7, 11) is 0. The fourth-order valence-corrected chi connectivity index (χ4v) is 2.38. The molecule has 0 aliphatic heterocycles. The van der Waals surface area contributed by atoms with Crippen molar-refractivity contribution < 1.29 is 4.74 Å². The third-order valence-corrected chi connectivity index (χ3v) is 3.30. The van der Waals surface area contributed by atoms with E-state index in [0.29, 0.717) is 6.61 Å². The van der Waals surface area contributed by atoms with Gasteiger partial charge in [-0.25, -0.2) is 0 Å². The molecule has 2 aromatic rings. The molecule has 0 saturated heterocycles. The zero-order chi connectivity index (χ0) is 13.5. The van der Waals surface area contributed by atoms with Crippen LogP contribution in [0.4, 0.5) is 0 Å². The van der Waals surface area contributed by atoms with Crippen molar-refractivity contribution in [1.29, 1.82) is 0 Å². The molecule has 0 amide bonds. The lowest BCUT2D eigenvalue weighted by Crippen LogP contribution is -2.13. The standard InChI is InChI=1S/C16H18BrNO/c1-2-19-16-9-4-3-7-14(16)12-18-11-13-6-5-8-15(17)10-13/h3-10,18H,2,11-12H2,1H3. The lowest BCUT2D eigenvalue weighted by Gasteiger charge is -2.11. The van der Waals surface area contributed by atoms with Gasteiger partial charge in [-0.3, -0.25) is 0 Å². The van der Waals surface area contributed by atoms with Gasteiger partial charge in [-0.05, 0) is 30.7 Å². The van der Waals surface area contributed by atoms with Crippen LogP contribution in [0.5, 0.6) is 5.75 Å². The molecule has 0 aromatic heterocycles. The van der Waals surface area contributed by atoms with E-state index in [1.54, 1.807) is 0 Å². The van der Waals surface area contributed by atoms with Crippen molar-refractivity contribution in [3.05, 3.63) is 64.1 Å². The second-order valence-electron chi connectivity index (χ2n) is 4.27. The highest BCUT2D eigenvalue weighted by atomic mass is 79.9. The molecule has 3 heteroatoms. The van der Waals surface area contributed by atoms with E-state index in [1.807, 2.05) is 31.2 Å². The van der Waals surface area contributed by atoms with Crippen molar-refractivity contribution in [2.45, 2.75) is 20.0 Å². The van der Waals surface area contributed by atoms with Crippen molar-refractivity contribution in [2.24, 2.45) is 0 Å². The molecule has 0 heterocycles. The molecule has 19 heavy (non-hydrogen) atoms. The Labute approximate surface area is 122 Å². The van der Waals surface area contributed by atoms with Gasteiger partial charge in [-0.1, -0.05) is 46.3 Å². The van der Waals surface area contributed by atoms with Gasteiger partial charge < -0.3 is 10.1 Å². The molecule has 2 aromatic carbocycles. The van der Waals surface area contributed by atoms with Gasteiger partial charge in [-0.2, -0.15) is 0 Å². The first-order valence-corrected chi connectivity index (χ1v) is 7.24. The van der Waals surface area contributed by atoms with E-state index in [9.17, 15) is 0 Å². The quantitative estimate of drug-likeness (QED) is 0.864. The molecule has 2 rings (SSSR count). The predicted molar refractivity (Wildman–Crippen MR) is 82.3 cm³/mol. The third kappa shape index (κ3) is 4.37. The fraction of sp³-hybridized carbons (Fsp3) is 0.250. The average Bonchev–Trinajstić information content (AvgIpc) is 2.41. The summed E-state index contributed by atoms with van der Waals surface area (Å²) in [4.78, 5) is 0. The Kier molecular flexibility index (Phi) is 5.43. The van der Waals surface area contributed by atoms with Crippen molar-refractivity contribution >= 4 is 15.9 Å². The summed E-state index contributed by atoms with van der Waals surface area (Å²) in [5.41, 5.74) is 2.46. The molecule has 2 nitrogen and oxygen atoms in total. The highest BCUT2D eigenvalue weighted by Gasteiger charge is 2.01. The number of nitrogens with one attached hydrogen (secondary N) is 1. The molecule has 0 radical (unpaired) electrons. The van der Waals surface area contributed by atoms with E-state index in [4.69, 9.17) is 4.74 Å². The number of halogens is 1. The smallest absolute Gasteiger partial charge is 0.123 e. The van der Waals surface area contributed by atoms with Gasteiger partial charge in [0.2, 0.25) is 0 Å². The van der Waals surface area contributed by atoms with Crippen LogP contribution in [-0.2, 0) is 13.1 Å². The van der Waals surface area contributed by atoms with Crippen LogP contribution in [0.15, 0.2) is 53.0 Å². The summed E-state index contributed by atoms with van der Waals surface area (Å²) in [5.74, 6) is 0.965. The predicted octanol–water partition coefficient (Wildman–Crippen LogP) is 4.14. The molecule has 0 bridgehead atoms. The molecule has 1 N–H and O–H groups in total. The molecule has 0 saturated carbocycles. The maximum Gasteiger partial charge on any atom is 0.123 e. The zero-order valence-corrected chi connectivity index (χ0v) is 12.6. The number of ether oxygens (including phenoxy) is 1. The van der Waals surface area contributed by atoms with E-state index in [2.05, 4.69) is 45.5 Å². The zero-order valence-electron chi connectivity index (χ0n) is 11.0. The van der Waals surface area contributed by atoms with Crippen LogP contribution >= 0.6 is 15.9 Å². The number of hydrogen-bond acceptors (Lipinski definition) is 2. The van der Waals surface area contributed by atoms with Crippen LogP contribution in [0.25, 0.3) is 0 Å². The lowest BCUT2D eigenvalue weighted by atomic mass is 10.2. The van der Waals surface area contributed by atoms with Gasteiger partial charge in [0.05, 0.1) is 6.61 Å². The molecule has 0 spiro atoms. The highest BCUT2D eigenvalue weighted by Crippen LogP contribution is 2.18. The average molecular weight is 320 g/mol. The monoisotopic (exact) mass is 319 g/mol. The van der Waals surface area contributed by atoms with Gasteiger partial charge in [-0.15, -0.1) is 0 Å². The lowest BCUT2D eigenvalue weighted by molar-refractivity contribution is 0.335. The van der Waals surface area contributed by atoms with E-state index >= 15 is 0 Å². The summed E-state index contributed by atoms with van der Waals surface area (Å²) in [5, 5.41) is 3.44. The van der Waals surface area contributed by atoms with Crippen molar-refractivity contribution in [3.8, 4) is 5.75 Å². The maximum atomic E-state index is 5.61. The first kappa shape index (κ1) is 14.1. The first-order chi connectivity index (χ1) is 9.29. The van der Waals surface area contributed by atoms with Crippen LogP contribution in [0.1, 0.15) is 18.1 Å². The van der Waals surface area contributed by atoms with Gasteiger partial charge in [0, 0.05) is 23.1 Å². The van der Waals surface area contributed by atoms with E-state index in [0.717, 1.165) is 23.3 Å². The molecule has 0 fully saturated rings. The summed E-state index contributed by atoms with van der Waals surface area (Å²) >= 11 is 3.48. The second-order valence-corrected chi connectivity index (χ2v) is 5.19.